The molecule has 7 heavy (non-hydrogen) atoms. The summed E-state index contributed by atoms with van der Waals surface area (Å²) in [6.07, 6.45) is 1.71. The monoisotopic (exact) mass is 119 g/mol. The van der Waals surface area contributed by atoms with Crippen molar-refractivity contribution in [1.29, 1.82) is 0 Å². The van der Waals surface area contributed by atoms with Gasteiger partial charge in [0.2, 0.25) is 0 Å². The van der Waals surface area contributed by atoms with Gasteiger partial charge in [0.05, 0.1) is 0 Å². The molecular formula is C5H10ClN. The molecule has 0 rings (SSSR count). The van der Waals surface area contributed by atoms with Gasteiger partial charge in [-0.25, -0.2) is 0 Å². The summed E-state index contributed by atoms with van der Waals surface area (Å²) in [4.78, 5) is 0. The Morgan fingerprint density at radius 1 is 1.57 bits per heavy atom. The highest BCUT2D eigenvalue weighted by atomic mass is 35.5. The van der Waals surface area contributed by atoms with Crippen molar-refractivity contribution in [2.75, 3.05) is 0 Å². The van der Waals surface area contributed by atoms with Gasteiger partial charge in [-0.05, 0) is 13.8 Å². The zero-order valence-electron chi connectivity index (χ0n) is 4.61. The number of hydrogen-bond donors (Lipinski definition) is 1. The summed E-state index contributed by atoms with van der Waals surface area (Å²) >= 11 is 5.20. The van der Waals surface area contributed by atoms with E-state index in [-0.39, 0.29) is 0 Å². The largest absolute Gasteiger partial charge is 0.388 e. The van der Waals surface area contributed by atoms with Crippen molar-refractivity contribution in [3.05, 3.63) is 11.7 Å². The predicted molar refractivity (Wildman–Crippen MR) is 33.3 cm³/mol. The van der Waals surface area contributed by atoms with Crippen LogP contribution >= 0.6 is 11.6 Å². The molecule has 42 valence electrons. The van der Waals surface area contributed by atoms with Crippen LogP contribution in [-0.2, 0) is 0 Å². The summed E-state index contributed by atoms with van der Waals surface area (Å²) in [6.45, 7) is 4.10. The van der Waals surface area contributed by atoms with Crippen molar-refractivity contribution in [2.45, 2.75) is 19.9 Å². The van der Waals surface area contributed by atoms with E-state index in [1.54, 1.807) is 6.20 Å². The van der Waals surface area contributed by atoms with Crippen molar-refractivity contribution in [3.63, 3.8) is 0 Å². The molecular weight excluding hydrogens is 110 g/mol. The summed E-state index contributed by atoms with van der Waals surface area (Å²) in [5.41, 5.74) is 1.46. The highest BCUT2D eigenvalue weighted by Crippen LogP contribution is 1.77. The molecule has 0 bridgehead atoms. The molecule has 0 saturated carbocycles. The molecule has 0 fully saturated rings. The minimum atomic E-state index is 0.481. The first-order valence-electron chi connectivity index (χ1n) is 2.28. The second-order valence-corrected chi connectivity index (χ2v) is 1.87. The normalized spacial score (nSPS) is 10.9. The number of halogens is 1. The van der Waals surface area contributed by atoms with E-state index >= 15 is 0 Å². The lowest BCUT2D eigenvalue weighted by atomic mass is 10.4. The molecule has 0 aromatic rings. The van der Waals surface area contributed by atoms with E-state index in [0.717, 1.165) is 0 Å². The predicted octanol–water partition coefficient (Wildman–Crippen LogP) is 1.69. The molecule has 0 aliphatic rings. The van der Waals surface area contributed by atoms with Gasteiger partial charge in [0, 0.05) is 17.8 Å². The van der Waals surface area contributed by atoms with Crippen LogP contribution in [0.3, 0.4) is 0 Å². The van der Waals surface area contributed by atoms with Gasteiger partial charge in [-0.3, -0.25) is 0 Å². The van der Waals surface area contributed by atoms with Crippen LogP contribution in [-0.4, -0.2) is 6.04 Å². The first-order chi connectivity index (χ1) is 3.27. The van der Waals surface area contributed by atoms with E-state index in [2.05, 4.69) is 19.2 Å². The van der Waals surface area contributed by atoms with Crippen LogP contribution in [0.15, 0.2) is 11.7 Å². The lowest BCUT2D eigenvalue weighted by Crippen LogP contribution is -2.14. The van der Waals surface area contributed by atoms with E-state index in [4.69, 9.17) is 11.6 Å². The van der Waals surface area contributed by atoms with Crippen LogP contribution in [0.5, 0.6) is 0 Å². The van der Waals surface area contributed by atoms with Crippen molar-refractivity contribution >= 4 is 11.6 Å². The van der Waals surface area contributed by atoms with E-state index in [0.29, 0.717) is 6.04 Å². The number of hydrogen-bond acceptors (Lipinski definition) is 1. The summed E-state index contributed by atoms with van der Waals surface area (Å²) in [6, 6.07) is 0.481. The first kappa shape index (κ1) is 6.83. The number of nitrogens with one attached hydrogen (secondary N) is 1. The minimum Gasteiger partial charge on any atom is -0.388 e. The molecule has 0 aliphatic carbocycles. The third-order valence-electron chi connectivity index (χ3n) is 0.493. The second-order valence-electron chi connectivity index (χ2n) is 1.61. The maximum atomic E-state index is 5.20. The summed E-state index contributed by atoms with van der Waals surface area (Å²) in [5, 5.41) is 2.98. The van der Waals surface area contributed by atoms with E-state index in [1.807, 2.05) is 0 Å². The second kappa shape index (κ2) is 4.00. The Kier molecular flexibility index (Phi) is 3.90. The number of rotatable bonds is 2. The highest BCUT2D eigenvalue weighted by Gasteiger charge is 1.80. The summed E-state index contributed by atoms with van der Waals surface area (Å²) in [7, 11) is 0. The van der Waals surface area contributed by atoms with Gasteiger partial charge < -0.3 is 5.32 Å². The van der Waals surface area contributed by atoms with Crippen LogP contribution in [0.4, 0.5) is 0 Å². The van der Waals surface area contributed by atoms with E-state index < -0.39 is 0 Å². The Morgan fingerprint density at radius 2 is 2.14 bits per heavy atom. The quantitative estimate of drug-likeness (QED) is 0.584. The fourth-order valence-electron chi connectivity index (χ4n) is 0.229. The summed E-state index contributed by atoms with van der Waals surface area (Å²) < 4.78 is 0. The maximum absolute atomic E-state index is 5.20. The molecule has 0 unspecified atom stereocenters. The van der Waals surface area contributed by atoms with Gasteiger partial charge in [0.15, 0.2) is 0 Å². The van der Waals surface area contributed by atoms with Crippen LogP contribution in [0.2, 0.25) is 0 Å². The fraction of sp³-hybridized carbons (Fsp3) is 0.600. The third kappa shape index (κ3) is 5.83. The van der Waals surface area contributed by atoms with Gasteiger partial charge in [0.25, 0.3) is 0 Å². The Hall–Kier alpha value is -0.170. The molecule has 0 amide bonds. The molecule has 0 saturated heterocycles. The maximum Gasteiger partial charge on any atom is 0.0200 e. The molecule has 2 heteroatoms. The molecule has 0 aromatic carbocycles. The molecule has 1 nitrogen and oxygen atoms in total. The molecule has 0 atom stereocenters. The lowest BCUT2D eigenvalue weighted by Gasteiger charge is -2.00. The highest BCUT2D eigenvalue weighted by molar-refractivity contribution is 6.25. The molecule has 0 aromatic heterocycles. The molecule has 0 aliphatic heterocycles. The molecule has 0 spiro atoms. The van der Waals surface area contributed by atoms with Crippen LogP contribution in [0, 0.1) is 0 Å². The van der Waals surface area contributed by atoms with Gasteiger partial charge in [0.1, 0.15) is 0 Å². The first-order valence-corrected chi connectivity index (χ1v) is 2.72. The standard InChI is InChI=1S/C5H10ClN/c1-5(2)7-4-3-6/h3-5,7H,1-2H3. The smallest absolute Gasteiger partial charge is 0.0200 e. The molecule has 0 radical (unpaired) electrons. The minimum absolute atomic E-state index is 0.481. The Labute approximate surface area is 49.4 Å². The van der Waals surface area contributed by atoms with Crippen LogP contribution in [0.1, 0.15) is 13.8 Å². The fourth-order valence-corrected chi connectivity index (χ4v) is 0.302. The summed E-state index contributed by atoms with van der Waals surface area (Å²) in [5.74, 6) is 0. The van der Waals surface area contributed by atoms with Gasteiger partial charge in [-0.2, -0.15) is 0 Å². The van der Waals surface area contributed by atoms with E-state index in [1.165, 1.54) is 5.54 Å². The van der Waals surface area contributed by atoms with E-state index in [9.17, 15) is 0 Å². The van der Waals surface area contributed by atoms with Crippen molar-refractivity contribution < 1.29 is 0 Å². The van der Waals surface area contributed by atoms with Gasteiger partial charge in [-0.1, -0.05) is 11.6 Å². The van der Waals surface area contributed by atoms with Crippen LogP contribution < -0.4 is 5.32 Å². The average Bonchev–Trinajstić information content (AvgIpc) is 1.61. The third-order valence-corrected chi connectivity index (χ3v) is 0.619. The Balaban J connectivity index is 2.97. The molecule has 0 heterocycles. The molecule has 1 N–H and O–H groups in total. The zero-order valence-corrected chi connectivity index (χ0v) is 5.37. The lowest BCUT2D eigenvalue weighted by molar-refractivity contribution is 0.703. The topological polar surface area (TPSA) is 12.0 Å². The SMILES string of the molecule is CC(C)NC=CCl. The van der Waals surface area contributed by atoms with Crippen molar-refractivity contribution in [1.82, 2.24) is 5.32 Å². The van der Waals surface area contributed by atoms with Crippen LogP contribution in [0.25, 0.3) is 0 Å². The Morgan fingerprint density at radius 3 is 2.29 bits per heavy atom. The van der Waals surface area contributed by atoms with Gasteiger partial charge >= 0.3 is 0 Å². The van der Waals surface area contributed by atoms with Crippen molar-refractivity contribution in [2.24, 2.45) is 0 Å². The Bertz CT molecular complexity index is 59.1. The van der Waals surface area contributed by atoms with Gasteiger partial charge in [-0.15, -0.1) is 0 Å². The zero-order chi connectivity index (χ0) is 5.70. The van der Waals surface area contributed by atoms with Crippen molar-refractivity contribution in [3.8, 4) is 0 Å². The average molecular weight is 120 g/mol.